The van der Waals surface area contributed by atoms with Crippen LogP contribution in [0, 0.1) is 30.6 Å². The molecular formula is C29H28F4N4O3. The molecule has 0 bridgehead atoms. The molecule has 0 saturated heterocycles. The van der Waals surface area contributed by atoms with Crippen LogP contribution in [-0.2, 0) is 22.3 Å². The monoisotopic (exact) mass is 556 g/mol. The lowest BCUT2D eigenvalue weighted by atomic mass is 9.89. The lowest BCUT2D eigenvalue weighted by molar-refractivity contribution is -0.137. The Bertz CT molecular complexity index is 1380. The fraction of sp³-hybridized carbons (Fsp3) is 0.379. The zero-order chi connectivity index (χ0) is 28.4. The van der Waals surface area contributed by atoms with Gasteiger partial charge in [-0.1, -0.05) is 30.3 Å². The Hall–Kier alpha value is -4.02. The van der Waals surface area contributed by atoms with Crippen LogP contribution >= 0.6 is 0 Å². The van der Waals surface area contributed by atoms with E-state index in [0.717, 1.165) is 37.3 Å². The van der Waals surface area contributed by atoms with Crippen LogP contribution < -0.4 is 10.6 Å². The van der Waals surface area contributed by atoms with E-state index < -0.39 is 35.7 Å². The van der Waals surface area contributed by atoms with Gasteiger partial charge in [0.05, 0.1) is 5.56 Å². The average molecular weight is 557 g/mol. The number of alkyl carbamates (subject to hydrolysis) is 1. The second kappa shape index (κ2) is 11.2. The van der Waals surface area contributed by atoms with E-state index in [2.05, 4.69) is 20.6 Å². The SMILES string of the molecule is Cc1ncc(C(F)(F)F)cc1-c1ccc(NC(=O)[C@@H](NC(=O)OCc2ccccc2)C(C2CC2)C2CC2)nc1F. The number of nitrogens with one attached hydrogen (secondary N) is 2. The number of hydrogen-bond acceptors (Lipinski definition) is 5. The van der Waals surface area contributed by atoms with Crippen molar-refractivity contribution in [2.75, 3.05) is 5.32 Å². The van der Waals surface area contributed by atoms with Gasteiger partial charge in [0.2, 0.25) is 11.9 Å². The van der Waals surface area contributed by atoms with Crippen LogP contribution in [0.3, 0.4) is 0 Å². The number of halogens is 4. The lowest BCUT2D eigenvalue weighted by Gasteiger charge is -2.27. The number of benzene rings is 1. The number of nitrogens with zero attached hydrogens (tertiary/aromatic N) is 2. The summed E-state index contributed by atoms with van der Waals surface area (Å²) in [5, 5.41) is 5.30. The highest BCUT2D eigenvalue weighted by molar-refractivity contribution is 5.96. The number of pyridine rings is 2. The van der Waals surface area contributed by atoms with Crippen molar-refractivity contribution in [1.29, 1.82) is 0 Å². The molecule has 5 rings (SSSR count). The summed E-state index contributed by atoms with van der Waals surface area (Å²) in [4.78, 5) is 33.6. The number of carbonyl (C=O) groups is 2. The summed E-state index contributed by atoms with van der Waals surface area (Å²) in [6.45, 7) is 1.50. The molecule has 210 valence electrons. The predicted octanol–water partition coefficient (Wildman–Crippen LogP) is 6.28. The van der Waals surface area contributed by atoms with E-state index >= 15 is 4.39 Å². The number of amides is 2. The van der Waals surface area contributed by atoms with E-state index in [9.17, 15) is 22.8 Å². The molecule has 2 amide bonds. The van der Waals surface area contributed by atoms with Crippen LogP contribution in [-0.4, -0.2) is 28.0 Å². The Morgan fingerprint density at radius 3 is 2.30 bits per heavy atom. The maximum absolute atomic E-state index is 15.0. The van der Waals surface area contributed by atoms with E-state index in [1.165, 1.54) is 19.1 Å². The third kappa shape index (κ3) is 6.57. The van der Waals surface area contributed by atoms with Gasteiger partial charge in [-0.05, 0) is 74.1 Å². The topological polar surface area (TPSA) is 93.2 Å². The van der Waals surface area contributed by atoms with Gasteiger partial charge in [-0.25, -0.2) is 9.78 Å². The number of aryl methyl sites for hydroxylation is 1. The molecule has 0 radical (unpaired) electrons. The van der Waals surface area contributed by atoms with E-state index in [1.807, 2.05) is 30.3 Å². The second-order valence-corrected chi connectivity index (χ2v) is 10.3. The van der Waals surface area contributed by atoms with Crippen molar-refractivity contribution >= 4 is 17.8 Å². The maximum Gasteiger partial charge on any atom is 0.417 e. The molecule has 2 heterocycles. The number of ether oxygens (including phenoxy) is 1. The number of hydrogen-bond donors (Lipinski definition) is 2. The normalized spacial score (nSPS) is 15.9. The minimum absolute atomic E-state index is 0.0383. The summed E-state index contributed by atoms with van der Waals surface area (Å²) < 4.78 is 59.9. The van der Waals surface area contributed by atoms with Gasteiger partial charge in [0.1, 0.15) is 18.5 Å². The van der Waals surface area contributed by atoms with Crippen molar-refractivity contribution in [3.05, 3.63) is 77.5 Å². The molecule has 2 fully saturated rings. The minimum Gasteiger partial charge on any atom is -0.445 e. The molecule has 0 spiro atoms. The van der Waals surface area contributed by atoms with Gasteiger partial charge in [-0.3, -0.25) is 9.78 Å². The standard InChI is InChI=1S/C29H28F4N4O3/c1-16-22(13-20(14-34-16)29(31,32)33)21-11-12-23(35-26(21)30)36-27(38)25(24(18-7-8-18)19-9-10-19)37-28(39)40-15-17-5-3-2-4-6-17/h2-6,11-14,18-19,24-25H,7-10,15H2,1H3,(H,37,39)(H,35,36,38)/t25-/m0/s1. The molecule has 40 heavy (non-hydrogen) atoms. The molecule has 3 aromatic rings. The van der Waals surface area contributed by atoms with Gasteiger partial charge in [0.25, 0.3) is 0 Å². The molecule has 2 aliphatic rings. The fourth-order valence-corrected chi connectivity index (χ4v) is 4.99. The number of carbonyl (C=O) groups excluding carboxylic acids is 2. The summed E-state index contributed by atoms with van der Waals surface area (Å²) >= 11 is 0. The van der Waals surface area contributed by atoms with Crippen LogP contribution in [0.1, 0.15) is 42.5 Å². The molecule has 7 nitrogen and oxygen atoms in total. The second-order valence-electron chi connectivity index (χ2n) is 10.3. The number of rotatable bonds is 9. The highest BCUT2D eigenvalue weighted by Gasteiger charge is 2.48. The number of aromatic nitrogens is 2. The van der Waals surface area contributed by atoms with Crippen molar-refractivity contribution in [3.8, 4) is 11.1 Å². The van der Waals surface area contributed by atoms with Crippen molar-refractivity contribution in [3.63, 3.8) is 0 Å². The van der Waals surface area contributed by atoms with Crippen LogP contribution in [0.4, 0.5) is 28.2 Å². The van der Waals surface area contributed by atoms with Gasteiger partial charge >= 0.3 is 12.3 Å². The maximum atomic E-state index is 15.0. The van der Waals surface area contributed by atoms with E-state index in [0.29, 0.717) is 18.0 Å². The zero-order valence-electron chi connectivity index (χ0n) is 21.7. The molecule has 2 N–H and O–H groups in total. The zero-order valence-corrected chi connectivity index (χ0v) is 21.7. The molecular weight excluding hydrogens is 528 g/mol. The average Bonchev–Trinajstić information content (AvgIpc) is 3.84. The molecule has 2 saturated carbocycles. The molecule has 2 aromatic heterocycles. The third-order valence-corrected chi connectivity index (χ3v) is 7.29. The van der Waals surface area contributed by atoms with Crippen molar-refractivity contribution in [1.82, 2.24) is 15.3 Å². The largest absolute Gasteiger partial charge is 0.445 e. The van der Waals surface area contributed by atoms with E-state index in [-0.39, 0.29) is 35.2 Å². The summed E-state index contributed by atoms with van der Waals surface area (Å²) in [5.41, 5.74) is -0.252. The Morgan fingerprint density at radius 2 is 1.70 bits per heavy atom. The molecule has 1 atom stereocenters. The third-order valence-electron chi connectivity index (χ3n) is 7.29. The first-order chi connectivity index (χ1) is 19.1. The highest BCUT2D eigenvalue weighted by atomic mass is 19.4. The number of anilines is 1. The quantitative estimate of drug-likeness (QED) is 0.239. The van der Waals surface area contributed by atoms with Crippen molar-refractivity contribution in [2.45, 2.75) is 51.4 Å². The van der Waals surface area contributed by atoms with Gasteiger partial charge in [-0.2, -0.15) is 17.6 Å². The lowest BCUT2D eigenvalue weighted by Crippen LogP contribution is -2.50. The molecule has 11 heteroatoms. The summed E-state index contributed by atoms with van der Waals surface area (Å²) in [6.07, 6.45) is -0.869. The van der Waals surface area contributed by atoms with Crippen molar-refractivity contribution < 1.29 is 31.9 Å². The smallest absolute Gasteiger partial charge is 0.417 e. The molecule has 2 aliphatic carbocycles. The summed E-state index contributed by atoms with van der Waals surface area (Å²) in [5.74, 6) is -1.25. The fourth-order valence-electron chi connectivity index (χ4n) is 4.99. The first-order valence-electron chi connectivity index (χ1n) is 13.1. The van der Waals surface area contributed by atoms with Gasteiger partial charge in [-0.15, -0.1) is 0 Å². The Kier molecular flexibility index (Phi) is 7.73. The molecule has 0 unspecified atom stereocenters. The van der Waals surface area contributed by atoms with Gasteiger partial charge < -0.3 is 15.4 Å². The Balaban J connectivity index is 1.32. The first-order valence-corrected chi connectivity index (χ1v) is 13.1. The highest BCUT2D eigenvalue weighted by Crippen LogP contribution is 2.51. The van der Waals surface area contributed by atoms with Crippen LogP contribution in [0.5, 0.6) is 0 Å². The first kappa shape index (κ1) is 27.5. The van der Waals surface area contributed by atoms with E-state index in [4.69, 9.17) is 4.74 Å². The van der Waals surface area contributed by atoms with Crippen LogP contribution in [0.2, 0.25) is 0 Å². The minimum atomic E-state index is -4.64. The van der Waals surface area contributed by atoms with E-state index in [1.54, 1.807) is 0 Å². The Labute approximate surface area is 228 Å². The molecule has 0 aliphatic heterocycles. The molecule has 1 aromatic carbocycles. The summed E-state index contributed by atoms with van der Waals surface area (Å²) in [6, 6.07) is 11.6. The Morgan fingerprint density at radius 1 is 1.02 bits per heavy atom. The van der Waals surface area contributed by atoms with Crippen LogP contribution in [0.25, 0.3) is 11.1 Å². The van der Waals surface area contributed by atoms with Gasteiger partial charge in [0.15, 0.2) is 0 Å². The van der Waals surface area contributed by atoms with Crippen molar-refractivity contribution in [2.24, 2.45) is 17.8 Å². The van der Waals surface area contributed by atoms with Crippen LogP contribution in [0.15, 0.2) is 54.7 Å². The summed E-state index contributed by atoms with van der Waals surface area (Å²) in [7, 11) is 0. The predicted molar refractivity (Wildman–Crippen MR) is 138 cm³/mol. The van der Waals surface area contributed by atoms with Gasteiger partial charge in [0, 0.05) is 23.0 Å². The number of alkyl halides is 3.